The Bertz CT molecular complexity index is 923. The third-order valence-corrected chi connectivity index (χ3v) is 4.58. The van der Waals surface area contributed by atoms with Gasteiger partial charge in [0.15, 0.2) is 0 Å². The molecule has 4 rings (SSSR count). The monoisotopic (exact) mass is 308 g/mol. The number of carbonyl (C=O) groups is 1. The Hall–Kier alpha value is -2.39. The van der Waals surface area contributed by atoms with Gasteiger partial charge in [-0.1, -0.05) is 23.7 Å². The van der Waals surface area contributed by atoms with E-state index in [1.807, 2.05) is 48.9 Å². The number of carbonyl (C=O) groups excluding carboxylic acids is 1. The maximum Gasteiger partial charge on any atom is 0.212 e. The zero-order valence-corrected chi connectivity index (χ0v) is 13.0. The van der Waals surface area contributed by atoms with E-state index in [4.69, 9.17) is 11.6 Å². The zero-order valence-electron chi connectivity index (χ0n) is 12.2. The number of aromatic nitrogens is 2. The molecule has 0 saturated carbocycles. The molecule has 0 atom stereocenters. The molecule has 4 heteroatoms. The molecular weight excluding hydrogens is 296 g/mol. The molecular formula is C18H13ClN2O. The van der Waals surface area contributed by atoms with Crippen LogP contribution in [0.4, 0.5) is 0 Å². The van der Waals surface area contributed by atoms with E-state index in [1.54, 1.807) is 12.3 Å². The van der Waals surface area contributed by atoms with Crippen molar-refractivity contribution in [1.29, 1.82) is 0 Å². The van der Waals surface area contributed by atoms with Gasteiger partial charge in [0, 0.05) is 35.1 Å². The van der Waals surface area contributed by atoms with E-state index in [-0.39, 0.29) is 5.78 Å². The van der Waals surface area contributed by atoms with Gasteiger partial charge >= 0.3 is 0 Å². The molecule has 0 bridgehead atoms. The summed E-state index contributed by atoms with van der Waals surface area (Å²) in [6.45, 7) is 2.03. The number of benzene rings is 1. The molecule has 2 heterocycles. The van der Waals surface area contributed by atoms with Crippen LogP contribution in [0.3, 0.4) is 0 Å². The Labute approximate surface area is 133 Å². The van der Waals surface area contributed by atoms with E-state index in [2.05, 4.69) is 4.98 Å². The maximum atomic E-state index is 12.7. The van der Waals surface area contributed by atoms with E-state index in [1.165, 1.54) is 0 Å². The van der Waals surface area contributed by atoms with Crippen molar-refractivity contribution in [3.8, 4) is 22.4 Å². The third-order valence-electron chi connectivity index (χ3n) is 4.32. The van der Waals surface area contributed by atoms with E-state index in [0.29, 0.717) is 10.6 Å². The highest BCUT2D eigenvalue weighted by Gasteiger charge is 2.35. The second kappa shape index (κ2) is 4.55. The van der Waals surface area contributed by atoms with E-state index in [9.17, 15) is 4.79 Å². The van der Waals surface area contributed by atoms with Gasteiger partial charge in [0.05, 0.1) is 17.0 Å². The van der Waals surface area contributed by atoms with Crippen molar-refractivity contribution in [3.63, 3.8) is 0 Å². The van der Waals surface area contributed by atoms with Gasteiger partial charge in [0.25, 0.3) is 0 Å². The van der Waals surface area contributed by atoms with Crippen molar-refractivity contribution in [2.75, 3.05) is 0 Å². The predicted octanol–water partition coefficient (Wildman–Crippen LogP) is 4.26. The minimum absolute atomic E-state index is 0.0453. The minimum atomic E-state index is 0.0453. The van der Waals surface area contributed by atoms with Gasteiger partial charge in [0.1, 0.15) is 0 Å². The number of hydrogen-bond donors (Lipinski definition) is 0. The topological polar surface area (TPSA) is 34.9 Å². The van der Waals surface area contributed by atoms with Gasteiger partial charge in [-0.05, 0) is 36.8 Å². The van der Waals surface area contributed by atoms with Crippen molar-refractivity contribution < 1.29 is 4.79 Å². The summed E-state index contributed by atoms with van der Waals surface area (Å²) in [5.41, 5.74) is 6.26. The summed E-state index contributed by atoms with van der Waals surface area (Å²) in [5.74, 6) is 0.0453. The largest absolute Gasteiger partial charge is 0.344 e. The average Bonchev–Trinajstić information content (AvgIpc) is 2.96. The lowest BCUT2D eigenvalue weighted by Gasteiger charge is -2.07. The second-order valence-corrected chi connectivity index (χ2v) is 5.92. The van der Waals surface area contributed by atoms with Crippen molar-refractivity contribution in [3.05, 3.63) is 64.6 Å². The highest BCUT2D eigenvalue weighted by molar-refractivity contribution is 6.30. The first-order valence-corrected chi connectivity index (χ1v) is 7.42. The Kier molecular flexibility index (Phi) is 2.75. The van der Waals surface area contributed by atoms with E-state index in [0.717, 1.165) is 33.8 Å². The fourth-order valence-corrected chi connectivity index (χ4v) is 3.31. The highest BCUT2D eigenvalue weighted by atomic mass is 35.5. The van der Waals surface area contributed by atoms with Crippen molar-refractivity contribution in [1.82, 2.24) is 9.55 Å². The molecule has 1 aromatic carbocycles. The molecule has 0 aliphatic heterocycles. The van der Waals surface area contributed by atoms with E-state index < -0.39 is 0 Å². The fraction of sp³-hybridized carbons (Fsp3) is 0.111. The molecule has 22 heavy (non-hydrogen) atoms. The zero-order chi connectivity index (χ0) is 15.4. The second-order valence-electron chi connectivity index (χ2n) is 5.48. The molecule has 108 valence electrons. The summed E-state index contributed by atoms with van der Waals surface area (Å²) in [4.78, 5) is 17.1. The quantitative estimate of drug-likeness (QED) is 0.526. The number of nitrogens with zero attached hydrogens (tertiary/aromatic N) is 2. The standard InChI is InChI=1S/C18H13ClN2O/c1-10-14(11-5-7-12(19)8-6-11)15-16-13(4-3-9-20-16)18(22)17(15)21(10)2/h3-9H,1-2H3. The molecule has 0 spiro atoms. The number of halogens is 1. The van der Waals surface area contributed by atoms with Crippen LogP contribution in [-0.4, -0.2) is 15.3 Å². The van der Waals surface area contributed by atoms with E-state index >= 15 is 0 Å². The molecule has 0 unspecified atom stereocenters. The molecule has 1 aliphatic carbocycles. The van der Waals surface area contributed by atoms with Crippen LogP contribution in [0.1, 0.15) is 21.7 Å². The van der Waals surface area contributed by atoms with Gasteiger partial charge in [0.2, 0.25) is 5.78 Å². The fourth-order valence-electron chi connectivity index (χ4n) is 3.18. The lowest BCUT2D eigenvalue weighted by Crippen LogP contribution is -2.05. The molecule has 3 aromatic rings. The number of hydrogen-bond acceptors (Lipinski definition) is 2. The minimum Gasteiger partial charge on any atom is -0.344 e. The number of fused-ring (bicyclic) bond motifs is 3. The summed E-state index contributed by atoms with van der Waals surface area (Å²) in [6.07, 6.45) is 1.73. The summed E-state index contributed by atoms with van der Waals surface area (Å²) < 4.78 is 1.96. The molecule has 0 amide bonds. The normalized spacial score (nSPS) is 12.4. The lowest BCUT2D eigenvalue weighted by atomic mass is 10.00. The predicted molar refractivity (Wildman–Crippen MR) is 87.3 cm³/mol. The van der Waals surface area contributed by atoms with Crippen LogP contribution in [0, 0.1) is 6.92 Å². The van der Waals surface area contributed by atoms with Gasteiger partial charge in [-0.25, -0.2) is 0 Å². The summed E-state index contributed by atoms with van der Waals surface area (Å²) in [5, 5.41) is 0.698. The van der Waals surface area contributed by atoms with Crippen LogP contribution < -0.4 is 0 Å². The van der Waals surface area contributed by atoms with Crippen molar-refractivity contribution >= 4 is 17.4 Å². The summed E-state index contributed by atoms with van der Waals surface area (Å²) >= 11 is 5.99. The van der Waals surface area contributed by atoms with Gasteiger partial charge in [-0.15, -0.1) is 0 Å². The average molecular weight is 309 g/mol. The Morgan fingerprint density at radius 3 is 2.55 bits per heavy atom. The molecule has 0 N–H and O–H groups in total. The molecule has 1 aliphatic rings. The molecule has 0 fully saturated rings. The van der Waals surface area contributed by atoms with Crippen LogP contribution in [0.15, 0.2) is 42.6 Å². The smallest absolute Gasteiger partial charge is 0.212 e. The first-order chi connectivity index (χ1) is 10.6. The Morgan fingerprint density at radius 2 is 1.82 bits per heavy atom. The van der Waals surface area contributed by atoms with Crippen LogP contribution in [0.5, 0.6) is 0 Å². The maximum absolute atomic E-state index is 12.7. The van der Waals surface area contributed by atoms with Crippen LogP contribution >= 0.6 is 11.6 Å². The summed E-state index contributed by atoms with van der Waals surface area (Å²) in [7, 11) is 1.93. The third kappa shape index (κ3) is 1.63. The Balaban J connectivity index is 2.08. The van der Waals surface area contributed by atoms with Crippen molar-refractivity contribution in [2.45, 2.75) is 6.92 Å². The molecule has 0 saturated heterocycles. The molecule has 0 radical (unpaired) electrons. The SMILES string of the molecule is Cc1c(-c2ccc(Cl)cc2)c2c(n1C)C(=O)c1cccnc1-2. The van der Waals surface area contributed by atoms with Crippen LogP contribution in [-0.2, 0) is 7.05 Å². The molecule has 2 aromatic heterocycles. The Morgan fingerprint density at radius 1 is 1.09 bits per heavy atom. The van der Waals surface area contributed by atoms with Crippen molar-refractivity contribution in [2.24, 2.45) is 7.05 Å². The number of ketones is 1. The number of pyridine rings is 1. The van der Waals surface area contributed by atoms with Gasteiger partial charge < -0.3 is 4.57 Å². The van der Waals surface area contributed by atoms with Crippen LogP contribution in [0.25, 0.3) is 22.4 Å². The summed E-state index contributed by atoms with van der Waals surface area (Å²) in [6, 6.07) is 11.3. The number of rotatable bonds is 1. The van der Waals surface area contributed by atoms with Gasteiger partial charge in [-0.2, -0.15) is 0 Å². The molecule has 3 nitrogen and oxygen atoms in total. The first kappa shape index (κ1) is 13.3. The van der Waals surface area contributed by atoms with Gasteiger partial charge in [-0.3, -0.25) is 9.78 Å². The first-order valence-electron chi connectivity index (χ1n) is 7.05. The lowest BCUT2D eigenvalue weighted by molar-refractivity contribution is 0.103. The highest BCUT2D eigenvalue weighted by Crippen LogP contribution is 2.44. The van der Waals surface area contributed by atoms with Crippen LogP contribution in [0.2, 0.25) is 5.02 Å².